The van der Waals surface area contributed by atoms with Crippen molar-refractivity contribution < 1.29 is 9.59 Å². The zero-order valence-corrected chi connectivity index (χ0v) is 8.49. The summed E-state index contributed by atoms with van der Waals surface area (Å²) in [6, 6.07) is 0. The van der Waals surface area contributed by atoms with Gasteiger partial charge in [-0.25, -0.2) is 0 Å². The molecule has 0 rings (SSSR count). The van der Waals surface area contributed by atoms with E-state index >= 15 is 0 Å². The van der Waals surface area contributed by atoms with E-state index in [0.29, 0.717) is 6.42 Å². The fraction of sp³-hybridized carbons (Fsp3) is 0.750. The van der Waals surface area contributed by atoms with Gasteiger partial charge >= 0.3 is 0 Å². The third-order valence-electron chi connectivity index (χ3n) is 1.63. The number of carbonyl (C=O) groups excluding carboxylic acids is 2. The Morgan fingerprint density at radius 2 is 1.92 bits per heavy atom. The van der Waals surface area contributed by atoms with Crippen molar-refractivity contribution in [3.63, 3.8) is 0 Å². The van der Waals surface area contributed by atoms with Crippen molar-refractivity contribution in [3.8, 4) is 0 Å². The molecule has 0 aliphatic carbocycles. The fourth-order valence-electron chi connectivity index (χ4n) is 0.940. The highest BCUT2D eigenvalue weighted by Gasteiger charge is 2.18. The second-order valence-corrected chi connectivity index (χ2v) is 3.50. The quantitative estimate of drug-likeness (QED) is 0.633. The van der Waals surface area contributed by atoms with E-state index in [-0.39, 0.29) is 6.42 Å². The Morgan fingerprint density at radius 1 is 1.33 bits per heavy atom. The first-order chi connectivity index (χ1) is 5.57. The van der Waals surface area contributed by atoms with E-state index in [4.69, 9.17) is 23.2 Å². The lowest BCUT2D eigenvalue weighted by molar-refractivity contribution is -0.120. The summed E-state index contributed by atoms with van der Waals surface area (Å²) >= 11 is 10.4. The molecule has 0 fully saturated rings. The maximum absolute atomic E-state index is 10.7. The lowest BCUT2D eigenvalue weighted by Crippen LogP contribution is -2.11. The number of hydrogen-bond donors (Lipinski definition) is 0. The fourth-order valence-corrected chi connectivity index (χ4v) is 1.31. The van der Waals surface area contributed by atoms with Crippen LogP contribution in [0.5, 0.6) is 0 Å². The van der Waals surface area contributed by atoms with Crippen LogP contribution in [-0.2, 0) is 9.59 Å². The Hall–Kier alpha value is -0.0800. The van der Waals surface area contributed by atoms with Crippen molar-refractivity contribution in [3.05, 3.63) is 0 Å². The van der Waals surface area contributed by atoms with Gasteiger partial charge in [0.25, 0.3) is 0 Å². The van der Waals surface area contributed by atoms with Gasteiger partial charge in [0, 0.05) is 12.3 Å². The predicted molar refractivity (Wildman–Crippen MR) is 49.4 cm³/mol. The molecular formula is C8H12Cl2O2. The summed E-state index contributed by atoms with van der Waals surface area (Å²) in [7, 11) is 0. The first-order valence-corrected chi connectivity index (χ1v) is 4.71. The smallest absolute Gasteiger partial charge is 0.225 e. The molecule has 0 aliphatic heterocycles. The minimum atomic E-state index is -0.495. The number of rotatable bonds is 6. The van der Waals surface area contributed by atoms with Crippen molar-refractivity contribution in [2.24, 2.45) is 5.92 Å². The summed E-state index contributed by atoms with van der Waals surface area (Å²) in [5.74, 6) is -0.392. The van der Waals surface area contributed by atoms with Gasteiger partial charge < -0.3 is 0 Å². The molecule has 4 heteroatoms. The van der Waals surface area contributed by atoms with E-state index in [9.17, 15) is 9.59 Å². The molecular weight excluding hydrogens is 199 g/mol. The van der Waals surface area contributed by atoms with Gasteiger partial charge in [-0.3, -0.25) is 9.59 Å². The van der Waals surface area contributed by atoms with Crippen LogP contribution < -0.4 is 0 Å². The van der Waals surface area contributed by atoms with Crippen LogP contribution in [0, 0.1) is 5.92 Å². The van der Waals surface area contributed by atoms with E-state index in [1.165, 1.54) is 0 Å². The molecule has 0 N–H and O–H groups in total. The van der Waals surface area contributed by atoms with Crippen LogP contribution in [0.3, 0.4) is 0 Å². The Bertz CT molecular complexity index is 168. The number of hydrogen-bond acceptors (Lipinski definition) is 2. The molecule has 0 aromatic rings. The zero-order chi connectivity index (χ0) is 9.56. The largest absolute Gasteiger partial charge is 0.281 e. The summed E-state index contributed by atoms with van der Waals surface area (Å²) in [5, 5.41) is -0.956. The van der Waals surface area contributed by atoms with Crippen LogP contribution in [0.15, 0.2) is 0 Å². The number of unbranched alkanes of at least 4 members (excludes halogenated alkanes) is 1. The molecule has 0 saturated heterocycles. The van der Waals surface area contributed by atoms with Crippen molar-refractivity contribution in [2.75, 3.05) is 0 Å². The molecule has 0 spiro atoms. The predicted octanol–water partition coefficient (Wildman–Crippen LogP) is 2.71. The standard InChI is InChI=1S/C8H12Cl2O2/c1-2-3-4-6(8(10)12)5-7(9)11/h6H,2-5H2,1H3. The third-order valence-corrected chi connectivity index (χ3v) is 2.10. The van der Waals surface area contributed by atoms with E-state index in [1.54, 1.807) is 0 Å². The maximum Gasteiger partial charge on any atom is 0.225 e. The van der Waals surface area contributed by atoms with Gasteiger partial charge in [0.15, 0.2) is 0 Å². The van der Waals surface area contributed by atoms with Crippen LogP contribution in [0.2, 0.25) is 0 Å². The molecule has 0 aromatic carbocycles. The van der Waals surface area contributed by atoms with Crippen molar-refractivity contribution in [1.82, 2.24) is 0 Å². The van der Waals surface area contributed by atoms with Crippen LogP contribution in [0.4, 0.5) is 0 Å². The Balaban J connectivity index is 3.87. The molecule has 1 atom stereocenters. The van der Waals surface area contributed by atoms with Gasteiger partial charge in [0.05, 0.1) is 0 Å². The van der Waals surface area contributed by atoms with Gasteiger partial charge in [-0.15, -0.1) is 0 Å². The number of halogens is 2. The minimum Gasteiger partial charge on any atom is -0.281 e. The molecule has 2 nitrogen and oxygen atoms in total. The normalized spacial score (nSPS) is 12.6. The topological polar surface area (TPSA) is 34.1 Å². The molecule has 70 valence electrons. The second-order valence-electron chi connectivity index (χ2n) is 2.70. The second kappa shape index (κ2) is 6.44. The maximum atomic E-state index is 10.7. The summed E-state index contributed by atoms with van der Waals surface area (Å²) in [6.45, 7) is 2.01. The molecule has 0 aromatic heterocycles. The van der Waals surface area contributed by atoms with Gasteiger partial charge in [-0.2, -0.15) is 0 Å². The van der Waals surface area contributed by atoms with Crippen molar-refractivity contribution in [2.45, 2.75) is 32.6 Å². The third kappa shape index (κ3) is 5.56. The Labute approximate surface area is 82.2 Å². The summed E-state index contributed by atoms with van der Waals surface area (Å²) in [5.41, 5.74) is 0. The Kier molecular flexibility index (Phi) is 6.39. The SMILES string of the molecule is CCCCC(CC(=O)Cl)C(=O)Cl. The lowest BCUT2D eigenvalue weighted by atomic mass is 10.0. The first-order valence-electron chi connectivity index (χ1n) is 3.95. The highest BCUT2D eigenvalue weighted by Crippen LogP contribution is 2.17. The first kappa shape index (κ1) is 11.9. The molecule has 0 saturated carbocycles. The highest BCUT2D eigenvalue weighted by atomic mass is 35.5. The van der Waals surface area contributed by atoms with E-state index in [1.807, 2.05) is 6.92 Å². The molecule has 0 aliphatic rings. The number of carbonyl (C=O) groups is 2. The Morgan fingerprint density at radius 3 is 2.25 bits per heavy atom. The highest BCUT2D eigenvalue weighted by molar-refractivity contribution is 6.66. The molecule has 0 heterocycles. The average Bonchev–Trinajstić information content (AvgIpc) is 1.96. The lowest BCUT2D eigenvalue weighted by Gasteiger charge is -2.07. The summed E-state index contributed by atoms with van der Waals surface area (Å²) in [4.78, 5) is 21.2. The summed E-state index contributed by atoms with van der Waals surface area (Å²) < 4.78 is 0. The minimum absolute atomic E-state index is 0.0594. The molecule has 0 radical (unpaired) electrons. The van der Waals surface area contributed by atoms with Crippen LogP contribution in [0.1, 0.15) is 32.6 Å². The average molecular weight is 211 g/mol. The molecule has 1 unspecified atom stereocenters. The van der Waals surface area contributed by atoms with Crippen molar-refractivity contribution >= 4 is 33.7 Å². The molecule has 12 heavy (non-hydrogen) atoms. The summed E-state index contributed by atoms with van der Waals surface area (Å²) in [6.07, 6.45) is 2.59. The van der Waals surface area contributed by atoms with E-state index in [0.717, 1.165) is 12.8 Å². The van der Waals surface area contributed by atoms with E-state index in [2.05, 4.69) is 0 Å². The van der Waals surface area contributed by atoms with Crippen LogP contribution in [0.25, 0.3) is 0 Å². The van der Waals surface area contributed by atoms with Crippen LogP contribution in [-0.4, -0.2) is 10.5 Å². The van der Waals surface area contributed by atoms with Gasteiger partial charge in [-0.05, 0) is 29.6 Å². The van der Waals surface area contributed by atoms with Gasteiger partial charge in [-0.1, -0.05) is 19.8 Å². The van der Waals surface area contributed by atoms with Crippen molar-refractivity contribution in [1.29, 1.82) is 0 Å². The zero-order valence-electron chi connectivity index (χ0n) is 6.98. The van der Waals surface area contributed by atoms with Crippen LogP contribution >= 0.6 is 23.2 Å². The van der Waals surface area contributed by atoms with E-state index < -0.39 is 16.4 Å². The van der Waals surface area contributed by atoms with Gasteiger partial charge in [0.2, 0.25) is 10.5 Å². The monoisotopic (exact) mass is 210 g/mol. The van der Waals surface area contributed by atoms with Gasteiger partial charge in [0.1, 0.15) is 0 Å². The molecule has 0 bridgehead atoms. The molecule has 0 amide bonds.